The highest BCUT2D eigenvalue weighted by Gasteiger charge is 2.37. The molecular formula is C38H32N2O2. The summed E-state index contributed by atoms with van der Waals surface area (Å²) in [5.41, 5.74) is 8.60. The van der Waals surface area contributed by atoms with Gasteiger partial charge in [-0.1, -0.05) is 127 Å². The topological polar surface area (TPSA) is 43.2 Å². The summed E-state index contributed by atoms with van der Waals surface area (Å²) in [6, 6.07) is 45.6. The van der Waals surface area contributed by atoms with Crippen molar-refractivity contribution in [1.29, 1.82) is 0 Å². The van der Waals surface area contributed by atoms with E-state index in [-0.39, 0.29) is 24.3 Å². The number of aryl methyl sites for hydroxylation is 2. The van der Waals surface area contributed by atoms with Crippen LogP contribution in [0.5, 0.6) is 0 Å². The highest BCUT2D eigenvalue weighted by molar-refractivity contribution is 6.02. The lowest BCUT2D eigenvalue weighted by atomic mass is 9.97. The lowest BCUT2D eigenvalue weighted by molar-refractivity contribution is 0.196. The molecule has 0 amide bonds. The van der Waals surface area contributed by atoms with Crippen LogP contribution >= 0.6 is 0 Å². The molecule has 5 aromatic rings. The van der Waals surface area contributed by atoms with Crippen LogP contribution in [0.1, 0.15) is 68.8 Å². The molecule has 206 valence electrons. The summed E-state index contributed by atoms with van der Waals surface area (Å²) in [6.07, 6.45) is -0.421. The zero-order valence-electron chi connectivity index (χ0n) is 23.7. The lowest BCUT2D eigenvalue weighted by Gasteiger charge is -2.19. The molecule has 0 radical (unpaired) electrons. The molecule has 0 bridgehead atoms. The number of aliphatic imine (C=N–C) groups is 2. The van der Waals surface area contributed by atoms with Crippen molar-refractivity contribution < 1.29 is 9.47 Å². The molecule has 4 heteroatoms. The molecule has 4 nitrogen and oxygen atoms in total. The minimum absolute atomic E-state index is 0.141. The summed E-state index contributed by atoms with van der Waals surface area (Å²) in [4.78, 5) is 10.4. The Balaban J connectivity index is 1.29. The van der Waals surface area contributed by atoms with Crippen LogP contribution in [0.4, 0.5) is 0 Å². The third-order valence-electron chi connectivity index (χ3n) is 8.13. The van der Waals surface area contributed by atoms with Gasteiger partial charge in [0.2, 0.25) is 11.8 Å². The van der Waals surface area contributed by atoms with Crippen LogP contribution in [0, 0.1) is 13.8 Å². The minimum Gasteiger partial charge on any atom is -0.467 e. The zero-order chi connectivity index (χ0) is 28.5. The van der Waals surface area contributed by atoms with Crippen molar-refractivity contribution in [2.24, 2.45) is 9.98 Å². The maximum Gasteiger partial charge on any atom is 0.217 e. The summed E-state index contributed by atoms with van der Waals surface area (Å²) in [7, 11) is 0. The molecule has 2 heterocycles. The predicted molar refractivity (Wildman–Crippen MR) is 168 cm³/mol. The number of rotatable bonds is 6. The van der Waals surface area contributed by atoms with E-state index in [1.807, 2.05) is 24.3 Å². The van der Waals surface area contributed by atoms with Crippen LogP contribution in [0.15, 0.2) is 143 Å². The molecule has 4 atom stereocenters. The van der Waals surface area contributed by atoms with Crippen LogP contribution in [0.2, 0.25) is 0 Å². The highest BCUT2D eigenvalue weighted by Crippen LogP contribution is 2.43. The highest BCUT2D eigenvalue weighted by atomic mass is 16.5. The van der Waals surface area contributed by atoms with Crippen LogP contribution < -0.4 is 0 Å². The lowest BCUT2D eigenvalue weighted by Crippen LogP contribution is -2.13. The largest absolute Gasteiger partial charge is 0.467 e. The van der Waals surface area contributed by atoms with Gasteiger partial charge in [-0.3, -0.25) is 0 Å². The molecular weight excluding hydrogens is 516 g/mol. The van der Waals surface area contributed by atoms with Crippen molar-refractivity contribution in [3.8, 4) is 0 Å². The maximum absolute atomic E-state index is 6.69. The number of nitrogens with zero attached hydrogens (tertiary/aromatic N) is 2. The minimum atomic E-state index is -0.210. The van der Waals surface area contributed by atoms with Gasteiger partial charge >= 0.3 is 0 Å². The molecule has 0 saturated heterocycles. The fourth-order valence-corrected chi connectivity index (χ4v) is 5.98. The Labute approximate surface area is 247 Å². The SMILES string of the molecule is Cc1cc(C)c(C2=N[C@@H](c3ccccc3)[C@H](c3ccccc3)O2)cc1C1=N[C@@H](c2ccccc2)[C@H](c2ccccc2)O1. The molecule has 0 spiro atoms. The van der Waals surface area contributed by atoms with Gasteiger partial charge in [-0.05, 0) is 53.3 Å². The summed E-state index contributed by atoms with van der Waals surface area (Å²) >= 11 is 0. The van der Waals surface area contributed by atoms with E-state index in [1.54, 1.807) is 0 Å². The molecule has 42 heavy (non-hydrogen) atoms. The average Bonchev–Trinajstić information content (AvgIpc) is 3.69. The van der Waals surface area contributed by atoms with Gasteiger partial charge in [0.15, 0.2) is 12.2 Å². The van der Waals surface area contributed by atoms with E-state index >= 15 is 0 Å². The molecule has 0 aliphatic carbocycles. The Morgan fingerprint density at radius 1 is 0.429 bits per heavy atom. The van der Waals surface area contributed by atoms with Crippen molar-refractivity contribution in [3.63, 3.8) is 0 Å². The summed E-state index contributed by atoms with van der Waals surface area (Å²) in [5, 5.41) is 0. The van der Waals surface area contributed by atoms with Crippen LogP contribution in [-0.2, 0) is 9.47 Å². The fourth-order valence-electron chi connectivity index (χ4n) is 5.98. The van der Waals surface area contributed by atoms with E-state index in [2.05, 4.69) is 123 Å². The first kappa shape index (κ1) is 26.0. The molecule has 2 aliphatic heterocycles. The Hall–Kier alpha value is -4.96. The number of ether oxygens (including phenoxy) is 2. The van der Waals surface area contributed by atoms with Gasteiger partial charge < -0.3 is 9.47 Å². The van der Waals surface area contributed by atoms with Crippen molar-refractivity contribution in [2.45, 2.75) is 38.1 Å². The van der Waals surface area contributed by atoms with Crippen molar-refractivity contribution in [3.05, 3.63) is 178 Å². The Morgan fingerprint density at radius 2 is 0.762 bits per heavy atom. The smallest absolute Gasteiger partial charge is 0.217 e. The standard InChI is InChI=1S/C38H32N2O2/c1-25-23-26(2)32(38-40-34(28-17-9-4-10-18-28)36(42-38)30-21-13-6-14-22-30)24-31(25)37-39-33(27-15-7-3-8-16-27)35(41-37)29-19-11-5-12-20-29/h3-24,33-36H,1-2H3/t33-,34-,35-,36-/m0/s1. The normalized spacial score (nSPS) is 21.3. The first-order valence-corrected chi connectivity index (χ1v) is 14.5. The van der Waals surface area contributed by atoms with E-state index < -0.39 is 0 Å². The zero-order valence-corrected chi connectivity index (χ0v) is 23.7. The van der Waals surface area contributed by atoms with E-state index in [4.69, 9.17) is 19.5 Å². The Morgan fingerprint density at radius 3 is 1.12 bits per heavy atom. The second-order valence-corrected chi connectivity index (χ2v) is 11.0. The molecule has 0 saturated carbocycles. The molecule has 0 N–H and O–H groups in total. The third kappa shape index (κ3) is 4.90. The molecule has 5 aromatic carbocycles. The van der Waals surface area contributed by atoms with Gasteiger partial charge in [0.25, 0.3) is 0 Å². The fraction of sp³-hybridized carbons (Fsp3) is 0.158. The van der Waals surface area contributed by atoms with Gasteiger partial charge in [0.05, 0.1) is 0 Å². The van der Waals surface area contributed by atoms with Crippen LogP contribution in [0.3, 0.4) is 0 Å². The molecule has 0 fully saturated rings. The van der Waals surface area contributed by atoms with Crippen molar-refractivity contribution >= 4 is 11.8 Å². The number of hydrogen-bond donors (Lipinski definition) is 0. The molecule has 0 unspecified atom stereocenters. The monoisotopic (exact) mass is 548 g/mol. The molecule has 2 aliphatic rings. The number of benzene rings is 5. The van der Waals surface area contributed by atoms with Gasteiger partial charge in [0.1, 0.15) is 12.1 Å². The Kier molecular flexibility index (Phi) is 6.89. The summed E-state index contributed by atoms with van der Waals surface area (Å²) in [6.45, 7) is 4.23. The van der Waals surface area contributed by atoms with Crippen LogP contribution in [-0.4, -0.2) is 11.8 Å². The second-order valence-electron chi connectivity index (χ2n) is 11.0. The van der Waals surface area contributed by atoms with Gasteiger partial charge in [0, 0.05) is 11.1 Å². The van der Waals surface area contributed by atoms with E-state index in [9.17, 15) is 0 Å². The van der Waals surface area contributed by atoms with E-state index in [0.717, 1.165) is 44.5 Å². The van der Waals surface area contributed by atoms with E-state index in [1.165, 1.54) is 0 Å². The first-order valence-electron chi connectivity index (χ1n) is 14.5. The second kappa shape index (κ2) is 11.1. The van der Waals surface area contributed by atoms with E-state index in [0.29, 0.717) is 11.8 Å². The maximum atomic E-state index is 6.69. The van der Waals surface area contributed by atoms with Crippen molar-refractivity contribution in [2.75, 3.05) is 0 Å². The first-order chi connectivity index (χ1) is 20.7. The molecule has 7 rings (SSSR count). The quantitative estimate of drug-likeness (QED) is 0.213. The Bertz CT molecular complexity index is 1620. The third-order valence-corrected chi connectivity index (χ3v) is 8.13. The average molecular weight is 549 g/mol. The van der Waals surface area contributed by atoms with Gasteiger partial charge in [-0.15, -0.1) is 0 Å². The van der Waals surface area contributed by atoms with Crippen molar-refractivity contribution in [1.82, 2.24) is 0 Å². The van der Waals surface area contributed by atoms with Crippen LogP contribution in [0.25, 0.3) is 0 Å². The molecule has 0 aromatic heterocycles. The summed E-state index contributed by atoms with van der Waals surface area (Å²) < 4.78 is 13.4. The van der Waals surface area contributed by atoms with Gasteiger partial charge in [-0.2, -0.15) is 0 Å². The summed E-state index contributed by atoms with van der Waals surface area (Å²) in [5.74, 6) is 1.29. The number of hydrogen-bond acceptors (Lipinski definition) is 4. The predicted octanol–water partition coefficient (Wildman–Crippen LogP) is 8.82. The van der Waals surface area contributed by atoms with Gasteiger partial charge in [-0.25, -0.2) is 9.98 Å².